The maximum atomic E-state index is 5.91. The lowest BCUT2D eigenvalue weighted by Gasteiger charge is -2.10. The lowest BCUT2D eigenvalue weighted by atomic mass is 10.2. The first-order valence-corrected chi connectivity index (χ1v) is 7.82. The summed E-state index contributed by atoms with van der Waals surface area (Å²) in [6, 6.07) is 16.0. The van der Waals surface area contributed by atoms with Gasteiger partial charge in [-0.2, -0.15) is 0 Å². The molecule has 100 valence electrons. The Bertz CT molecular complexity index is 741. The zero-order valence-electron chi connectivity index (χ0n) is 10.9. The van der Waals surface area contributed by atoms with Crippen LogP contribution in [0.15, 0.2) is 59.6 Å². The summed E-state index contributed by atoms with van der Waals surface area (Å²) in [5.41, 5.74) is 3.05. The molecule has 0 fully saturated rings. The molecule has 0 bridgehead atoms. The highest BCUT2D eigenvalue weighted by Crippen LogP contribution is 2.28. The van der Waals surface area contributed by atoms with Crippen LogP contribution in [0.2, 0.25) is 5.02 Å². The molecule has 0 saturated heterocycles. The van der Waals surface area contributed by atoms with Crippen LogP contribution in [0.3, 0.4) is 0 Å². The highest BCUT2D eigenvalue weighted by atomic mass is 35.5. The molecule has 0 aliphatic carbocycles. The fraction of sp³-hybridized carbons (Fsp3) is 0.0625. The molecule has 0 amide bonds. The van der Waals surface area contributed by atoms with E-state index in [1.54, 1.807) is 11.8 Å². The number of anilines is 2. The molecule has 2 nitrogen and oxygen atoms in total. The van der Waals surface area contributed by atoms with Crippen LogP contribution >= 0.6 is 23.4 Å². The van der Waals surface area contributed by atoms with E-state index < -0.39 is 0 Å². The zero-order valence-corrected chi connectivity index (χ0v) is 12.5. The van der Waals surface area contributed by atoms with Gasteiger partial charge < -0.3 is 5.32 Å². The predicted molar refractivity (Wildman–Crippen MR) is 88.3 cm³/mol. The Labute approximate surface area is 127 Å². The van der Waals surface area contributed by atoms with Crippen molar-refractivity contribution in [3.63, 3.8) is 0 Å². The van der Waals surface area contributed by atoms with Crippen molar-refractivity contribution in [1.82, 2.24) is 4.98 Å². The summed E-state index contributed by atoms with van der Waals surface area (Å²) < 4.78 is 0. The number of hydrogen-bond acceptors (Lipinski definition) is 3. The normalized spacial score (nSPS) is 10.7. The Hall–Kier alpha value is -1.71. The molecule has 0 aliphatic heterocycles. The van der Waals surface area contributed by atoms with Crippen molar-refractivity contribution in [3.05, 3.63) is 59.8 Å². The smallest absolute Gasteiger partial charge is 0.0723 e. The quantitative estimate of drug-likeness (QED) is 0.660. The standard InChI is InChI=1S/C16H13ClN2S/c1-20-13-6-7-15-14(10-13)16(8-9-18-15)19-12-4-2-11(17)3-5-12/h2-10H,1H3,(H,18,19). The van der Waals surface area contributed by atoms with E-state index >= 15 is 0 Å². The van der Waals surface area contributed by atoms with Crippen LogP contribution in [0.4, 0.5) is 11.4 Å². The summed E-state index contributed by atoms with van der Waals surface area (Å²) in [4.78, 5) is 5.63. The maximum Gasteiger partial charge on any atom is 0.0723 e. The minimum atomic E-state index is 0.736. The zero-order chi connectivity index (χ0) is 13.9. The number of nitrogens with zero attached hydrogens (tertiary/aromatic N) is 1. The van der Waals surface area contributed by atoms with E-state index in [9.17, 15) is 0 Å². The topological polar surface area (TPSA) is 24.9 Å². The van der Waals surface area contributed by atoms with E-state index in [2.05, 4.69) is 28.7 Å². The molecule has 20 heavy (non-hydrogen) atoms. The summed E-state index contributed by atoms with van der Waals surface area (Å²) >= 11 is 7.64. The summed E-state index contributed by atoms with van der Waals surface area (Å²) in [6.45, 7) is 0. The van der Waals surface area contributed by atoms with Gasteiger partial charge in [-0.3, -0.25) is 4.98 Å². The Morgan fingerprint density at radius 1 is 1.05 bits per heavy atom. The molecule has 0 unspecified atom stereocenters. The van der Waals surface area contributed by atoms with Gasteiger partial charge in [0.05, 0.1) is 5.52 Å². The third-order valence-electron chi connectivity index (χ3n) is 3.07. The number of pyridine rings is 1. The van der Waals surface area contributed by atoms with Gasteiger partial charge in [-0.25, -0.2) is 0 Å². The summed E-state index contributed by atoms with van der Waals surface area (Å²) in [5.74, 6) is 0. The average molecular weight is 301 g/mol. The SMILES string of the molecule is CSc1ccc2nccc(Nc3ccc(Cl)cc3)c2c1. The van der Waals surface area contributed by atoms with E-state index in [0.29, 0.717) is 0 Å². The summed E-state index contributed by atoms with van der Waals surface area (Å²) in [7, 11) is 0. The maximum absolute atomic E-state index is 5.91. The lowest BCUT2D eigenvalue weighted by molar-refractivity contribution is 1.38. The third kappa shape index (κ3) is 2.74. The van der Waals surface area contributed by atoms with Crippen LogP contribution in [0, 0.1) is 0 Å². The van der Waals surface area contributed by atoms with Crippen molar-refractivity contribution < 1.29 is 0 Å². The molecule has 1 aromatic heterocycles. The van der Waals surface area contributed by atoms with Crippen molar-refractivity contribution in [2.75, 3.05) is 11.6 Å². The Morgan fingerprint density at radius 3 is 2.60 bits per heavy atom. The van der Waals surface area contributed by atoms with Crippen LogP contribution < -0.4 is 5.32 Å². The van der Waals surface area contributed by atoms with Gasteiger partial charge >= 0.3 is 0 Å². The van der Waals surface area contributed by atoms with Gasteiger partial charge in [-0.1, -0.05) is 11.6 Å². The predicted octanol–water partition coefficient (Wildman–Crippen LogP) is 5.35. The van der Waals surface area contributed by atoms with Crippen molar-refractivity contribution in [2.45, 2.75) is 4.90 Å². The van der Waals surface area contributed by atoms with Crippen molar-refractivity contribution in [3.8, 4) is 0 Å². The van der Waals surface area contributed by atoms with E-state index in [4.69, 9.17) is 11.6 Å². The molecule has 4 heteroatoms. The van der Waals surface area contributed by atoms with Crippen molar-refractivity contribution in [2.24, 2.45) is 0 Å². The van der Waals surface area contributed by atoms with E-state index in [1.165, 1.54) is 4.90 Å². The van der Waals surface area contributed by atoms with Crippen LogP contribution in [0.5, 0.6) is 0 Å². The molecule has 0 atom stereocenters. The first-order valence-electron chi connectivity index (χ1n) is 6.21. The van der Waals surface area contributed by atoms with Gasteiger partial charge in [0.15, 0.2) is 0 Å². The Morgan fingerprint density at radius 2 is 1.85 bits per heavy atom. The van der Waals surface area contributed by atoms with Gasteiger partial charge in [-0.05, 0) is 54.8 Å². The largest absolute Gasteiger partial charge is 0.355 e. The fourth-order valence-corrected chi connectivity index (χ4v) is 2.62. The molecule has 3 rings (SSSR count). The molecule has 0 spiro atoms. The third-order valence-corrected chi connectivity index (χ3v) is 4.05. The number of nitrogens with one attached hydrogen (secondary N) is 1. The number of aromatic nitrogens is 1. The molecule has 0 saturated carbocycles. The second-order valence-electron chi connectivity index (χ2n) is 4.37. The van der Waals surface area contributed by atoms with Gasteiger partial charge in [-0.15, -0.1) is 11.8 Å². The first-order chi connectivity index (χ1) is 9.76. The molecule has 1 N–H and O–H groups in total. The van der Waals surface area contributed by atoms with Crippen LogP contribution in [-0.4, -0.2) is 11.2 Å². The molecule has 0 radical (unpaired) electrons. The Kier molecular flexibility index (Phi) is 3.81. The summed E-state index contributed by atoms with van der Waals surface area (Å²) in [6.07, 6.45) is 3.89. The monoisotopic (exact) mass is 300 g/mol. The highest BCUT2D eigenvalue weighted by molar-refractivity contribution is 7.98. The summed E-state index contributed by atoms with van der Waals surface area (Å²) in [5, 5.41) is 5.27. The molecule has 0 aliphatic rings. The van der Waals surface area contributed by atoms with Gasteiger partial charge in [0.1, 0.15) is 0 Å². The van der Waals surface area contributed by atoms with Gasteiger partial charge in [0.2, 0.25) is 0 Å². The lowest BCUT2D eigenvalue weighted by Crippen LogP contribution is -1.92. The van der Waals surface area contributed by atoms with Crippen LogP contribution in [0.25, 0.3) is 10.9 Å². The van der Waals surface area contributed by atoms with Crippen LogP contribution in [0.1, 0.15) is 0 Å². The number of thioether (sulfide) groups is 1. The molecular formula is C16H13ClN2S. The minimum absolute atomic E-state index is 0.736. The van der Waals surface area contributed by atoms with Crippen LogP contribution in [-0.2, 0) is 0 Å². The van der Waals surface area contributed by atoms with E-state index in [-0.39, 0.29) is 0 Å². The van der Waals surface area contributed by atoms with Gasteiger partial charge in [0, 0.05) is 32.9 Å². The molecule has 1 heterocycles. The second-order valence-corrected chi connectivity index (χ2v) is 5.69. The molecular weight excluding hydrogens is 288 g/mol. The van der Waals surface area contributed by atoms with E-state index in [1.807, 2.05) is 42.6 Å². The number of halogens is 1. The van der Waals surface area contributed by atoms with Crippen molar-refractivity contribution in [1.29, 1.82) is 0 Å². The number of hydrogen-bond donors (Lipinski definition) is 1. The molecule has 2 aromatic carbocycles. The Balaban J connectivity index is 2.04. The fourth-order valence-electron chi connectivity index (χ4n) is 2.05. The number of rotatable bonds is 3. The average Bonchev–Trinajstić information content (AvgIpc) is 2.49. The van der Waals surface area contributed by atoms with Crippen molar-refractivity contribution >= 4 is 45.6 Å². The molecule has 3 aromatic rings. The number of benzene rings is 2. The second kappa shape index (κ2) is 5.73. The minimum Gasteiger partial charge on any atom is -0.355 e. The first kappa shape index (κ1) is 13.3. The highest BCUT2D eigenvalue weighted by Gasteiger charge is 2.03. The number of fused-ring (bicyclic) bond motifs is 1. The van der Waals surface area contributed by atoms with Gasteiger partial charge in [0.25, 0.3) is 0 Å². The van der Waals surface area contributed by atoms with E-state index in [0.717, 1.165) is 27.3 Å².